The summed E-state index contributed by atoms with van der Waals surface area (Å²) in [4.78, 5) is 24.6. The fourth-order valence-corrected chi connectivity index (χ4v) is 3.57. The molecule has 0 bridgehead atoms. The quantitative estimate of drug-likeness (QED) is 0.944. The van der Waals surface area contributed by atoms with Gasteiger partial charge in [-0.1, -0.05) is 6.07 Å². The molecule has 2 aromatic heterocycles. The zero-order valence-corrected chi connectivity index (χ0v) is 13.9. The first kappa shape index (κ1) is 15.0. The lowest BCUT2D eigenvalue weighted by Gasteiger charge is -2.31. The van der Waals surface area contributed by atoms with Crippen molar-refractivity contribution in [1.29, 1.82) is 0 Å². The first-order chi connectivity index (χ1) is 10.5. The molecule has 0 atom stereocenters. The number of hydrogen-bond donors (Lipinski definition) is 1. The maximum atomic E-state index is 12.4. The Kier molecular flexibility index (Phi) is 4.11. The second kappa shape index (κ2) is 6.04. The first-order valence-corrected chi connectivity index (χ1v) is 8.36. The van der Waals surface area contributed by atoms with Gasteiger partial charge in [-0.15, -0.1) is 11.3 Å². The molecule has 3 heterocycles. The summed E-state index contributed by atoms with van der Waals surface area (Å²) in [5.74, 6) is 1.36. The number of pyridine rings is 1. The highest BCUT2D eigenvalue weighted by Gasteiger charge is 2.25. The number of aromatic nitrogens is 2. The van der Waals surface area contributed by atoms with Crippen molar-refractivity contribution in [2.45, 2.75) is 39.7 Å². The van der Waals surface area contributed by atoms with Crippen molar-refractivity contribution in [2.75, 3.05) is 16.8 Å². The SMILES string of the molecule is Cc1ccc(NC(=O)c2nc3c(s2)CCCN3C(C)C)nc1. The summed E-state index contributed by atoms with van der Waals surface area (Å²) in [5.41, 5.74) is 1.07. The number of rotatable bonds is 3. The van der Waals surface area contributed by atoms with Crippen LogP contribution in [0.2, 0.25) is 0 Å². The van der Waals surface area contributed by atoms with E-state index in [4.69, 9.17) is 0 Å². The number of carbonyl (C=O) groups excluding carboxylic acids is 1. The predicted octanol–water partition coefficient (Wildman–Crippen LogP) is 3.26. The number of anilines is 2. The van der Waals surface area contributed by atoms with Crippen molar-refractivity contribution in [3.63, 3.8) is 0 Å². The fourth-order valence-electron chi connectivity index (χ4n) is 2.56. The minimum Gasteiger partial charge on any atom is -0.353 e. The third-order valence-corrected chi connectivity index (χ3v) is 4.83. The Bertz CT molecular complexity index is 678. The van der Waals surface area contributed by atoms with Gasteiger partial charge in [-0.25, -0.2) is 9.97 Å². The number of nitrogens with zero attached hydrogens (tertiary/aromatic N) is 3. The van der Waals surface area contributed by atoms with Crippen LogP contribution < -0.4 is 10.2 Å². The Morgan fingerprint density at radius 3 is 2.91 bits per heavy atom. The summed E-state index contributed by atoms with van der Waals surface area (Å²) < 4.78 is 0. The van der Waals surface area contributed by atoms with Gasteiger partial charge in [0.2, 0.25) is 0 Å². The smallest absolute Gasteiger partial charge is 0.285 e. The van der Waals surface area contributed by atoms with Crippen LogP contribution in [0.15, 0.2) is 18.3 Å². The molecule has 3 rings (SSSR count). The Morgan fingerprint density at radius 2 is 2.23 bits per heavy atom. The molecule has 1 N–H and O–H groups in total. The van der Waals surface area contributed by atoms with Gasteiger partial charge in [-0.2, -0.15) is 0 Å². The summed E-state index contributed by atoms with van der Waals surface area (Å²) in [5, 5.41) is 3.33. The Hall–Kier alpha value is -1.95. The van der Waals surface area contributed by atoms with Gasteiger partial charge in [0.05, 0.1) is 0 Å². The minimum absolute atomic E-state index is 0.181. The summed E-state index contributed by atoms with van der Waals surface area (Å²) >= 11 is 1.49. The zero-order valence-electron chi connectivity index (χ0n) is 13.1. The molecule has 0 saturated carbocycles. The molecule has 0 aromatic carbocycles. The highest BCUT2D eigenvalue weighted by molar-refractivity contribution is 7.14. The lowest BCUT2D eigenvalue weighted by Crippen LogP contribution is -2.35. The van der Waals surface area contributed by atoms with Crippen molar-refractivity contribution in [3.05, 3.63) is 33.8 Å². The number of hydrogen-bond acceptors (Lipinski definition) is 5. The van der Waals surface area contributed by atoms with E-state index in [1.54, 1.807) is 12.3 Å². The van der Waals surface area contributed by atoms with E-state index >= 15 is 0 Å². The lowest BCUT2D eigenvalue weighted by atomic mass is 10.1. The normalized spacial score (nSPS) is 14.1. The van der Waals surface area contributed by atoms with E-state index in [2.05, 4.69) is 34.0 Å². The van der Waals surface area contributed by atoms with Crippen LogP contribution in [0.4, 0.5) is 11.6 Å². The Balaban J connectivity index is 1.80. The van der Waals surface area contributed by atoms with Crippen LogP contribution in [0, 0.1) is 6.92 Å². The van der Waals surface area contributed by atoms with Crippen molar-refractivity contribution in [1.82, 2.24) is 9.97 Å². The van der Waals surface area contributed by atoms with Crippen molar-refractivity contribution in [3.8, 4) is 0 Å². The molecule has 2 aromatic rings. The van der Waals surface area contributed by atoms with Crippen molar-refractivity contribution < 1.29 is 4.79 Å². The maximum absolute atomic E-state index is 12.4. The summed E-state index contributed by atoms with van der Waals surface area (Å²) in [7, 11) is 0. The van der Waals surface area contributed by atoms with Crippen LogP contribution in [0.25, 0.3) is 0 Å². The number of amides is 1. The van der Waals surface area contributed by atoms with Crippen molar-refractivity contribution >= 4 is 28.9 Å². The van der Waals surface area contributed by atoms with Crippen LogP contribution in [0.3, 0.4) is 0 Å². The van der Waals surface area contributed by atoms with Gasteiger partial charge in [0.15, 0.2) is 5.01 Å². The molecule has 0 unspecified atom stereocenters. The highest BCUT2D eigenvalue weighted by atomic mass is 32.1. The van der Waals surface area contributed by atoms with Gasteiger partial charge in [-0.3, -0.25) is 4.79 Å². The standard InChI is InChI=1S/C16H20N4OS/c1-10(2)20-8-4-5-12-14(20)19-16(22-12)15(21)18-13-7-6-11(3)9-17-13/h6-7,9-10H,4-5,8H2,1-3H3,(H,17,18,21). The Morgan fingerprint density at radius 1 is 1.41 bits per heavy atom. The topological polar surface area (TPSA) is 58.1 Å². The van der Waals surface area contributed by atoms with E-state index in [1.807, 2.05) is 13.0 Å². The van der Waals surface area contributed by atoms with E-state index in [1.165, 1.54) is 16.2 Å². The van der Waals surface area contributed by atoms with Gasteiger partial charge in [-0.05, 0) is 45.2 Å². The van der Waals surface area contributed by atoms with E-state index in [0.717, 1.165) is 30.8 Å². The van der Waals surface area contributed by atoms with Crippen LogP contribution in [-0.4, -0.2) is 28.5 Å². The van der Waals surface area contributed by atoms with Gasteiger partial charge < -0.3 is 10.2 Å². The first-order valence-electron chi connectivity index (χ1n) is 7.55. The van der Waals surface area contributed by atoms with Crippen molar-refractivity contribution in [2.24, 2.45) is 0 Å². The van der Waals surface area contributed by atoms with Gasteiger partial charge in [0.25, 0.3) is 5.91 Å². The molecule has 1 aliphatic rings. The molecule has 116 valence electrons. The third kappa shape index (κ3) is 2.97. The molecule has 1 amide bonds. The maximum Gasteiger partial charge on any atom is 0.285 e. The molecule has 0 aliphatic carbocycles. The number of fused-ring (bicyclic) bond motifs is 1. The van der Waals surface area contributed by atoms with Crippen LogP contribution in [0.1, 0.15) is 40.5 Å². The highest BCUT2D eigenvalue weighted by Crippen LogP contribution is 2.33. The summed E-state index contributed by atoms with van der Waals surface area (Å²) in [6.07, 6.45) is 3.86. The third-order valence-electron chi connectivity index (χ3n) is 3.72. The van der Waals surface area contributed by atoms with Crippen LogP contribution in [-0.2, 0) is 6.42 Å². The molecule has 22 heavy (non-hydrogen) atoms. The second-order valence-electron chi connectivity index (χ2n) is 5.83. The minimum atomic E-state index is -0.181. The van der Waals surface area contributed by atoms with E-state index < -0.39 is 0 Å². The van der Waals surface area contributed by atoms with E-state index in [0.29, 0.717) is 16.9 Å². The molecular formula is C16H20N4OS. The lowest BCUT2D eigenvalue weighted by molar-refractivity contribution is 0.102. The molecule has 0 spiro atoms. The average Bonchev–Trinajstić information content (AvgIpc) is 2.93. The molecule has 1 aliphatic heterocycles. The molecule has 6 heteroatoms. The fraction of sp³-hybridized carbons (Fsp3) is 0.438. The molecular weight excluding hydrogens is 296 g/mol. The van der Waals surface area contributed by atoms with Gasteiger partial charge >= 0.3 is 0 Å². The zero-order chi connectivity index (χ0) is 15.7. The summed E-state index contributed by atoms with van der Waals surface area (Å²) in [6.45, 7) is 7.29. The predicted molar refractivity (Wildman–Crippen MR) is 89.8 cm³/mol. The monoisotopic (exact) mass is 316 g/mol. The number of carbonyl (C=O) groups is 1. The second-order valence-corrected chi connectivity index (χ2v) is 6.92. The molecule has 0 fully saturated rings. The number of aryl methyl sites for hydroxylation is 2. The number of nitrogens with one attached hydrogen (secondary N) is 1. The molecule has 0 saturated heterocycles. The van der Waals surface area contributed by atoms with Crippen LogP contribution >= 0.6 is 11.3 Å². The number of thiazole rings is 1. The van der Waals surface area contributed by atoms with E-state index in [-0.39, 0.29) is 5.91 Å². The Labute approximate surface area is 134 Å². The van der Waals surface area contributed by atoms with Crippen LogP contribution in [0.5, 0.6) is 0 Å². The van der Waals surface area contributed by atoms with Gasteiger partial charge in [0, 0.05) is 23.7 Å². The average molecular weight is 316 g/mol. The largest absolute Gasteiger partial charge is 0.353 e. The summed E-state index contributed by atoms with van der Waals surface area (Å²) in [6, 6.07) is 4.13. The molecule has 5 nitrogen and oxygen atoms in total. The molecule has 0 radical (unpaired) electrons. The van der Waals surface area contributed by atoms with Gasteiger partial charge in [0.1, 0.15) is 11.6 Å². The van der Waals surface area contributed by atoms with E-state index in [9.17, 15) is 4.79 Å².